The molecule has 2 aromatic carbocycles. The molecule has 1 amide bonds. The van der Waals surface area contributed by atoms with Crippen molar-refractivity contribution in [2.75, 3.05) is 6.61 Å². The molecular weight excluding hydrogens is 390 g/mol. The van der Waals surface area contributed by atoms with E-state index in [0.717, 1.165) is 10.0 Å². The lowest BCUT2D eigenvalue weighted by molar-refractivity contribution is -0.123. The molecular formula is C22H28BrNO2. The summed E-state index contributed by atoms with van der Waals surface area (Å²) in [6, 6.07) is 12.2. The van der Waals surface area contributed by atoms with E-state index in [1.807, 2.05) is 25.1 Å². The summed E-state index contributed by atoms with van der Waals surface area (Å²) in [5, 5.41) is 3.00. The van der Waals surface area contributed by atoms with Crippen LogP contribution < -0.4 is 10.1 Å². The van der Waals surface area contributed by atoms with Crippen LogP contribution in [0.3, 0.4) is 0 Å². The number of benzene rings is 2. The Balaban J connectivity index is 1.96. The summed E-state index contributed by atoms with van der Waals surface area (Å²) in [5.74, 6) is 0.539. The van der Waals surface area contributed by atoms with Gasteiger partial charge in [-0.3, -0.25) is 4.79 Å². The van der Waals surface area contributed by atoms with E-state index in [1.165, 1.54) is 16.7 Å². The summed E-state index contributed by atoms with van der Waals surface area (Å²) in [6.07, 6.45) is 0. The van der Waals surface area contributed by atoms with Crippen molar-refractivity contribution < 1.29 is 9.53 Å². The number of carbonyl (C=O) groups is 1. The molecule has 0 aliphatic carbocycles. The molecule has 0 aliphatic rings. The summed E-state index contributed by atoms with van der Waals surface area (Å²) in [7, 11) is 0. The molecule has 1 unspecified atom stereocenters. The van der Waals surface area contributed by atoms with E-state index < -0.39 is 0 Å². The molecule has 26 heavy (non-hydrogen) atoms. The molecule has 1 N–H and O–H groups in total. The number of nitrogens with one attached hydrogen (secondary N) is 1. The van der Waals surface area contributed by atoms with Crippen LogP contribution >= 0.6 is 15.9 Å². The van der Waals surface area contributed by atoms with Gasteiger partial charge in [-0.15, -0.1) is 0 Å². The third-order valence-electron chi connectivity index (χ3n) is 4.43. The number of aryl methyl sites for hydroxylation is 2. The Kier molecular flexibility index (Phi) is 6.51. The van der Waals surface area contributed by atoms with E-state index in [1.54, 1.807) is 0 Å². The van der Waals surface area contributed by atoms with Gasteiger partial charge in [-0.25, -0.2) is 0 Å². The van der Waals surface area contributed by atoms with E-state index in [0.29, 0.717) is 5.75 Å². The number of hydrogen-bond donors (Lipinski definition) is 1. The van der Waals surface area contributed by atoms with Gasteiger partial charge in [0.15, 0.2) is 6.61 Å². The van der Waals surface area contributed by atoms with E-state index in [4.69, 9.17) is 4.74 Å². The predicted molar refractivity (Wildman–Crippen MR) is 111 cm³/mol. The first kappa shape index (κ1) is 20.5. The first-order chi connectivity index (χ1) is 12.1. The second-order valence-corrected chi connectivity index (χ2v) is 8.69. The number of hydrogen-bond acceptors (Lipinski definition) is 2. The van der Waals surface area contributed by atoms with Gasteiger partial charge >= 0.3 is 0 Å². The van der Waals surface area contributed by atoms with Gasteiger partial charge in [-0.1, -0.05) is 50.6 Å². The summed E-state index contributed by atoms with van der Waals surface area (Å²) < 4.78 is 6.55. The van der Waals surface area contributed by atoms with Crippen LogP contribution in [-0.2, 0) is 10.2 Å². The highest BCUT2D eigenvalue weighted by atomic mass is 79.9. The minimum Gasteiger partial charge on any atom is -0.483 e. The lowest BCUT2D eigenvalue weighted by Crippen LogP contribution is -2.31. The van der Waals surface area contributed by atoms with Gasteiger partial charge < -0.3 is 10.1 Å². The summed E-state index contributed by atoms with van der Waals surface area (Å²) in [6.45, 7) is 12.6. The number of carbonyl (C=O) groups excluding carboxylic acids is 1. The third-order valence-corrected chi connectivity index (χ3v) is 5.05. The molecule has 0 fully saturated rings. The van der Waals surface area contributed by atoms with Crippen molar-refractivity contribution in [3.63, 3.8) is 0 Å². The zero-order valence-electron chi connectivity index (χ0n) is 16.4. The van der Waals surface area contributed by atoms with Gasteiger partial charge in [0.2, 0.25) is 0 Å². The highest BCUT2D eigenvalue weighted by Crippen LogP contribution is 2.31. The molecule has 0 saturated heterocycles. The highest BCUT2D eigenvalue weighted by molar-refractivity contribution is 9.10. The molecule has 2 aromatic rings. The Labute approximate surface area is 165 Å². The molecule has 0 heterocycles. The number of halogens is 1. The van der Waals surface area contributed by atoms with Crippen LogP contribution in [0.2, 0.25) is 0 Å². The van der Waals surface area contributed by atoms with Gasteiger partial charge in [-0.05, 0) is 70.9 Å². The predicted octanol–water partition coefficient (Wildman–Crippen LogP) is 5.62. The quantitative estimate of drug-likeness (QED) is 0.685. The molecule has 0 bridgehead atoms. The fourth-order valence-corrected chi connectivity index (χ4v) is 3.39. The van der Waals surface area contributed by atoms with E-state index in [-0.39, 0.29) is 24.0 Å². The smallest absolute Gasteiger partial charge is 0.258 e. The molecule has 140 valence electrons. The topological polar surface area (TPSA) is 38.3 Å². The minimum absolute atomic E-state index is 0.0112. The van der Waals surface area contributed by atoms with Gasteiger partial charge in [0.1, 0.15) is 5.75 Å². The van der Waals surface area contributed by atoms with Crippen molar-refractivity contribution in [2.45, 2.75) is 53.0 Å². The lowest BCUT2D eigenvalue weighted by Gasteiger charge is -2.20. The lowest BCUT2D eigenvalue weighted by atomic mass is 9.87. The molecule has 4 heteroatoms. The second kappa shape index (κ2) is 8.26. The van der Waals surface area contributed by atoms with Crippen LogP contribution in [0, 0.1) is 13.8 Å². The summed E-state index contributed by atoms with van der Waals surface area (Å²) >= 11 is 3.54. The Bertz CT molecular complexity index is 793. The molecule has 3 nitrogen and oxygen atoms in total. The van der Waals surface area contributed by atoms with Crippen LogP contribution in [0.1, 0.15) is 56.0 Å². The standard InChI is InChI=1S/C22H28BrNO2/c1-14-7-9-18(15(2)11-14)16(3)24-21(25)13-26-20-10-8-17(12-19(20)23)22(4,5)6/h7-12,16H,13H2,1-6H3,(H,24,25). The SMILES string of the molecule is Cc1ccc(C(C)NC(=O)COc2ccc(C(C)(C)C)cc2Br)c(C)c1. The Morgan fingerprint density at radius 1 is 1.15 bits per heavy atom. The molecule has 0 spiro atoms. The van der Waals surface area contributed by atoms with Gasteiger partial charge in [0, 0.05) is 0 Å². The number of rotatable bonds is 5. The fraction of sp³-hybridized carbons (Fsp3) is 0.409. The van der Waals surface area contributed by atoms with Crippen LogP contribution in [0.25, 0.3) is 0 Å². The molecule has 0 aliphatic heterocycles. The van der Waals surface area contributed by atoms with Crippen LogP contribution in [0.5, 0.6) is 5.75 Å². The monoisotopic (exact) mass is 417 g/mol. The molecule has 0 aromatic heterocycles. The zero-order chi connectivity index (χ0) is 19.5. The van der Waals surface area contributed by atoms with Crippen LogP contribution in [0.15, 0.2) is 40.9 Å². The Hall–Kier alpha value is -1.81. The van der Waals surface area contributed by atoms with Gasteiger partial charge in [-0.2, -0.15) is 0 Å². The minimum atomic E-state index is -0.135. The second-order valence-electron chi connectivity index (χ2n) is 7.83. The normalized spacial score (nSPS) is 12.6. The summed E-state index contributed by atoms with van der Waals surface area (Å²) in [5.41, 5.74) is 4.81. The Morgan fingerprint density at radius 3 is 2.42 bits per heavy atom. The Morgan fingerprint density at radius 2 is 1.85 bits per heavy atom. The maximum atomic E-state index is 12.3. The molecule has 1 atom stereocenters. The van der Waals surface area contributed by atoms with Crippen molar-refractivity contribution in [3.8, 4) is 5.75 Å². The average molecular weight is 418 g/mol. The molecule has 2 rings (SSSR count). The third kappa shape index (κ3) is 5.34. The maximum Gasteiger partial charge on any atom is 0.258 e. The van der Waals surface area contributed by atoms with Crippen molar-refractivity contribution in [1.82, 2.24) is 5.32 Å². The average Bonchev–Trinajstić information content (AvgIpc) is 2.52. The first-order valence-corrected chi connectivity index (χ1v) is 9.66. The van der Waals surface area contributed by atoms with Crippen LogP contribution in [-0.4, -0.2) is 12.5 Å². The van der Waals surface area contributed by atoms with Gasteiger partial charge in [0.25, 0.3) is 5.91 Å². The first-order valence-electron chi connectivity index (χ1n) is 8.87. The highest BCUT2D eigenvalue weighted by Gasteiger charge is 2.16. The molecule has 0 radical (unpaired) electrons. The van der Waals surface area contributed by atoms with E-state index in [9.17, 15) is 4.79 Å². The number of ether oxygens (including phenoxy) is 1. The fourth-order valence-electron chi connectivity index (χ4n) is 2.90. The zero-order valence-corrected chi connectivity index (χ0v) is 18.0. The van der Waals surface area contributed by atoms with E-state index in [2.05, 4.69) is 74.1 Å². The van der Waals surface area contributed by atoms with Crippen LogP contribution in [0.4, 0.5) is 0 Å². The number of amides is 1. The van der Waals surface area contributed by atoms with Crippen molar-refractivity contribution >= 4 is 21.8 Å². The maximum absolute atomic E-state index is 12.3. The van der Waals surface area contributed by atoms with E-state index >= 15 is 0 Å². The van der Waals surface area contributed by atoms with Gasteiger partial charge in [0.05, 0.1) is 10.5 Å². The van der Waals surface area contributed by atoms with Crippen molar-refractivity contribution in [2.24, 2.45) is 0 Å². The molecule has 0 saturated carbocycles. The van der Waals surface area contributed by atoms with Crippen molar-refractivity contribution in [1.29, 1.82) is 0 Å². The van der Waals surface area contributed by atoms with Crippen molar-refractivity contribution in [3.05, 3.63) is 63.1 Å². The largest absolute Gasteiger partial charge is 0.483 e. The summed E-state index contributed by atoms with van der Waals surface area (Å²) in [4.78, 5) is 12.3.